The number of guanidine groups is 1. The van der Waals surface area contributed by atoms with E-state index >= 15 is 0 Å². The van der Waals surface area contributed by atoms with Gasteiger partial charge in [-0.05, 0) is 43.9 Å². The van der Waals surface area contributed by atoms with Crippen molar-refractivity contribution in [3.63, 3.8) is 0 Å². The zero-order valence-corrected chi connectivity index (χ0v) is 19.0. The summed E-state index contributed by atoms with van der Waals surface area (Å²) in [5, 5.41) is 7.05. The number of imidazole rings is 1. The van der Waals surface area contributed by atoms with Gasteiger partial charge in [-0.2, -0.15) is 0 Å². The maximum Gasteiger partial charge on any atom is 0.191 e. The highest BCUT2D eigenvalue weighted by molar-refractivity contribution is 5.80. The molecule has 0 amide bonds. The number of rotatable bonds is 7. The summed E-state index contributed by atoms with van der Waals surface area (Å²) in [7, 11) is 0. The van der Waals surface area contributed by atoms with Crippen molar-refractivity contribution < 1.29 is 0 Å². The van der Waals surface area contributed by atoms with Crippen molar-refractivity contribution in [2.24, 2.45) is 4.99 Å². The molecule has 3 heterocycles. The maximum atomic E-state index is 4.80. The van der Waals surface area contributed by atoms with Crippen molar-refractivity contribution in [2.75, 3.05) is 13.1 Å². The standard InChI is InChI=1S/C25H33N7/c1-3-27-25(29-17-22-9-10-24(28-16-22)32-14-12-26-19-32)30-23-11-13-31(20(2)15-23)18-21-7-5-4-6-8-21/h4-10,12,14,16,19-20,23H,3,11,13,15,17-18H2,1-2H3,(H2,27,29,30). The molecule has 1 fully saturated rings. The number of nitrogens with one attached hydrogen (secondary N) is 2. The van der Waals surface area contributed by atoms with Gasteiger partial charge in [-0.25, -0.2) is 15.0 Å². The molecular formula is C25H33N7. The second-order valence-electron chi connectivity index (χ2n) is 8.36. The van der Waals surface area contributed by atoms with Crippen LogP contribution in [0.25, 0.3) is 5.82 Å². The number of pyridine rings is 1. The molecule has 1 aliphatic heterocycles. The summed E-state index contributed by atoms with van der Waals surface area (Å²) < 4.78 is 1.89. The van der Waals surface area contributed by atoms with Crippen LogP contribution in [0.5, 0.6) is 0 Å². The zero-order chi connectivity index (χ0) is 22.2. The Morgan fingerprint density at radius 2 is 2.03 bits per heavy atom. The monoisotopic (exact) mass is 431 g/mol. The quantitative estimate of drug-likeness (QED) is 0.443. The molecule has 1 aliphatic rings. The van der Waals surface area contributed by atoms with Crippen LogP contribution in [0.1, 0.15) is 37.8 Å². The van der Waals surface area contributed by atoms with Crippen LogP contribution in [0.15, 0.2) is 72.4 Å². The van der Waals surface area contributed by atoms with Crippen molar-refractivity contribution in [3.05, 3.63) is 78.5 Å². The van der Waals surface area contributed by atoms with Gasteiger partial charge < -0.3 is 10.6 Å². The van der Waals surface area contributed by atoms with Gasteiger partial charge in [-0.3, -0.25) is 9.47 Å². The lowest BCUT2D eigenvalue weighted by atomic mass is 9.97. The Balaban J connectivity index is 1.31. The lowest BCUT2D eigenvalue weighted by Gasteiger charge is -2.38. The number of hydrogen-bond donors (Lipinski definition) is 2. The summed E-state index contributed by atoms with van der Waals surface area (Å²) in [6, 6.07) is 15.8. The first-order valence-electron chi connectivity index (χ1n) is 11.5. The summed E-state index contributed by atoms with van der Waals surface area (Å²) in [6.45, 7) is 7.97. The number of hydrogen-bond acceptors (Lipinski definition) is 4. The Bertz CT molecular complexity index is 967. The normalized spacial score (nSPS) is 19.6. The summed E-state index contributed by atoms with van der Waals surface area (Å²) in [5.74, 6) is 1.73. The van der Waals surface area contributed by atoms with Crippen LogP contribution in [-0.2, 0) is 13.1 Å². The first-order valence-corrected chi connectivity index (χ1v) is 11.5. The third-order valence-corrected chi connectivity index (χ3v) is 5.93. The molecule has 168 valence electrons. The van der Waals surface area contributed by atoms with E-state index in [1.165, 1.54) is 5.56 Å². The fraction of sp³-hybridized carbons (Fsp3) is 0.400. The second kappa shape index (κ2) is 10.9. The van der Waals surface area contributed by atoms with Crippen LogP contribution in [0.4, 0.5) is 0 Å². The van der Waals surface area contributed by atoms with E-state index in [1.54, 1.807) is 12.5 Å². The Labute approximate surface area is 190 Å². The molecule has 2 N–H and O–H groups in total. The van der Waals surface area contributed by atoms with Gasteiger partial charge in [0.25, 0.3) is 0 Å². The molecule has 0 saturated carbocycles. The van der Waals surface area contributed by atoms with E-state index in [9.17, 15) is 0 Å². The zero-order valence-electron chi connectivity index (χ0n) is 19.0. The highest BCUT2D eigenvalue weighted by Gasteiger charge is 2.25. The van der Waals surface area contributed by atoms with Crippen LogP contribution >= 0.6 is 0 Å². The smallest absolute Gasteiger partial charge is 0.191 e. The molecule has 1 aromatic carbocycles. The molecule has 32 heavy (non-hydrogen) atoms. The van der Waals surface area contributed by atoms with Crippen molar-refractivity contribution in [2.45, 2.75) is 51.9 Å². The molecule has 3 aromatic rings. The average molecular weight is 432 g/mol. The van der Waals surface area contributed by atoms with Gasteiger partial charge in [0.15, 0.2) is 5.96 Å². The Kier molecular flexibility index (Phi) is 7.51. The number of nitrogens with zero attached hydrogens (tertiary/aromatic N) is 5. The molecule has 1 saturated heterocycles. The van der Waals surface area contributed by atoms with Crippen LogP contribution in [0.2, 0.25) is 0 Å². The summed E-state index contributed by atoms with van der Waals surface area (Å²) in [4.78, 5) is 16.0. The predicted octanol–water partition coefficient (Wildman–Crippen LogP) is 3.38. The Morgan fingerprint density at radius 3 is 2.72 bits per heavy atom. The molecule has 0 spiro atoms. The van der Waals surface area contributed by atoms with Gasteiger partial charge in [0.05, 0.1) is 6.54 Å². The minimum absolute atomic E-state index is 0.427. The number of piperidine rings is 1. The number of aliphatic imine (C=N–C) groups is 1. The minimum atomic E-state index is 0.427. The van der Waals surface area contributed by atoms with E-state index in [2.05, 4.69) is 75.7 Å². The number of benzene rings is 1. The molecule has 2 atom stereocenters. The molecule has 7 nitrogen and oxygen atoms in total. The van der Waals surface area contributed by atoms with Crippen molar-refractivity contribution >= 4 is 5.96 Å². The lowest BCUT2D eigenvalue weighted by Crippen LogP contribution is -2.51. The Hall–Kier alpha value is -3.19. The van der Waals surface area contributed by atoms with Crippen LogP contribution in [0, 0.1) is 0 Å². The van der Waals surface area contributed by atoms with Crippen molar-refractivity contribution in [1.29, 1.82) is 0 Å². The van der Waals surface area contributed by atoms with Gasteiger partial charge in [-0.15, -0.1) is 0 Å². The van der Waals surface area contributed by atoms with E-state index in [1.807, 2.05) is 23.0 Å². The second-order valence-corrected chi connectivity index (χ2v) is 8.36. The summed E-state index contributed by atoms with van der Waals surface area (Å²) >= 11 is 0. The first-order chi connectivity index (χ1) is 15.7. The van der Waals surface area contributed by atoms with Gasteiger partial charge in [0.1, 0.15) is 12.1 Å². The van der Waals surface area contributed by atoms with E-state index < -0.39 is 0 Å². The van der Waals surface area contributed by atoms with Crippen molar-refractivity contribution in [3.8, 4) is 5.82 Å². The number of likely N-dealkylation sites (tertiary alicyclic amines) is 1. The van der Waals surface area contributed by atoms with Gasteiger partial charge >= 0.3 is 0 Å². The average Bonchev–Trinajstić information content (AvgIpc) is 3.36. The fourth-order valence-electron chi connectivity index (χ4n) is 4.15. The van der Waals surface area contributed by atoms with Crippen LogP contribution in [0.3, 0.4) is 0 Å². The fourth-order valence-corrected chi connectivity index (χ4v) is 4.15. The molecule has 4 rings (SSSR count). The summed E-state index contributed by atoms with van der Waals surface area (Å²) in [5.41, 5.74) is 2.46. The maximum absolute atomic E-state index is 4.80. The molecule has 2 aromatic heterocycles. The van der Waals surface area contributed by atoms with Gasteiger partial charge in [-0.1, -0.05) is 36.4 Å². The highest BCUT2D eigenvalue weighted by atomic mass is 15.2. The summed E-state index contributed by atoms with van der Waals surface area (Å²) in [6.07, 6.45) is 9.49. The SMILES string of the molecule is CCNC(=NCc1ccc(-n2ccnc2)nc1)NC1CCN(Cc2ccccc2)C(C)C1. The third kappa shape index (κ3) is 5.95. The molecular weight excluding hydrogens is 398 g/mol. The molecule has 2 unspecified atom stereocenters. The minimum Gasteiger partial charge on any atom is -0.357 e. The van der Waals surface area contributed by atoms with E-state index in [0.717, 1.165) is 49.8 Å². The number of aromatic nitrogens is 3. The largest absolute Gasteiger partial charge is 0.357 e. The van der Waals surface area contributed by atoms with Crippen LogP contribution < -0.4 is 10.6 Å². The van der Waals surface area contributed by atoms with Crippen molar-refractivity contribution in [1.82, 2.24) is 30.1 Å². The third-order valence-electron chi connectivity index (χ3n) is 5.93. The van der Waals surface area contributed by atoms with Gasteiger partial charge in [0.2, 0.25) is 0 Å². The van der Waals surface area contributed by atoms with E-state index in [-0.39, 0.29) is 0 Å². The molecule has 7 heteroatoms. The van der Waals surface area contributed by atoms with E-state index in [4.69, 9.17) is 4.99 Å². The van der Waals surface area contributed by atoms with Crippen LogP contribution in [-0.4, -0.2) is 50.6 Å². The first kappa shape index (κ1) is 22.0. The van der Waals surface area contributed by atoms with E-state index in [0.29, 0.717) is 18.6 Å². The molecule has 0 aliphatic carbocycles. The molecule has 0 radical (unpaired) electrons. The predicted molar refractivity (Wildman–Crippen MR) is 129 cm³/mol. The van der Waals surface area contributed by atoms with Gasteiger partial charge in [0, 0.05) is 50.3 Å². The Morgan fingerprint density at radius 1 is 1.16 bits per heavy atom. The topological polar surface area (TPSA) is 70.4 Å². The highest BCUT2D eigenvalue weighted by Crippen LogP contribution is 2.20. The lowest BCUT2D eigenvalue weighted by molar-refractivity contribution is 0.134. The molecule has 0 bridgehead atoms.